The van der Waals surface area contributed by atoms with Crippen molar-refractivity contribution in [3.63, 3.8) is 0 Å². The first kappa shape index (κ1) is 22.0. The first-order valence-corrected chi connectivity index (χ1v) is 10.9. The van der Waals surface area contributed by atoms with Crippen LogP contribution in [-0.2, 0) is 10.0 Å². The minimum atomic E-state index is -4.73. The summed E-state index contributed by atoms with van der Waals surface area (Å²) in [7, 11) is -4.46. The fraction of sp³-hybridized carbons (Fsp3) is 0.150. The minimum absolute atomic E-state index is 0.225. The number of halogens is 4. The highest BCUT2D eigenvalue weighted by atomic mass is 35.5. The number of alkyl halides is 3. The molecule has 3 aromatic heterocycles. The summed E-state index contributed by atoms with van der Waals surface area (Å²) in [6.45, 7) is 0.703. The Morgan fingerprint density at radius 1 is 1.25 bits per heavy atom. The lowest BCUT2D eigenvalue weighted by Crippen LogP contribution is -2.42. The van der Waals surface area contributed by atoms with E-state index in [4.69, 9.17) is 11.6 Å². The maximum Gasteiger partial charge on any atom is 0.404 e. The van der Waals surface area contributed by atoms with Gasteiger partial charge in [-0.2, -0.15) is 23.2 Å². The van der Waals surface area contributed by atoms with Gasteiger partial charge in [0.1, 0.15) is 22.7 Å². The topological polar surface area (TPSA) is 101 Å². The van der Waals surface area contributed by atoms with E-state index in [1.54, 1.807) is 33.6 Å². The molecule has 7 nitrogen and oxygen atoms in total. The van der Waals surface area contributed by atoms with E-state index in [0.29, 0.717) is 28.7 Å². The van der Waals surface area contributed by atoms with E-state index >= 15 is 0 Å². The Kier molecular flexibility index (Phi) is 5.32. The average molecular weight is 480 g/mol. The zero-order valence-corrected chi connectivity index (χ0v) is 17.8. The Morgan fingerprint density at radius 2 is 1.97 bits per heavy atom. The van der Waals surface area contributed by atoms with Gasteiger partial charge in [-0.25, -0.2) is 13.4 Å². The van der Waals surface area contributed by atoms with Crippen LogP contribution in [-0.4, -0.2) is 35.2 Å². The number of nitrogens with one attached hydrogen (secondary N) is 1. The molecule has 32 heavy (non-hydrogen) atoms. The lowest BCUT2D eigenvalue weighted by molar-refractivity contribution is -0.147. The second kappa shape index (κ2) is 7.74. The standard InChI is InChI=1S/C20H13ClF3N5O2S/c1-11(20(22,23)24)28-32(30,31)14-5-6-17(26-10-14)18-16(8-25)15-7-12(21)9-27-19(15)29(18)13-3-2-4-13/h2-7,9-11,28H,1H3. The number of aromatic nitrogens is 3. The summed E-state index contributed by atoms with van der Waals surface area (Å²) in [6.07, 6.45) is 3.02. The number of hydrogen-bond acceptors (Lipinski definition) is 5. The summed E-state index contributed by atoms with van der Waals surface area (Å²) in [4.78, 5) is 8.00. The molecule has 0 amide bonds. The second-order valence-corrected chi connectivity index (χ2v) is 9.06. The number of pyridine rings is 2. The molecule has 12 heteroatoms. The van der Waals surface area contributed by atoms with Crippen LogP contribution in [0.4, 0.5) is 13.2 Å². The molecule has 0 fully saturated rings. The molecule has 1 unspecified atom stereocenters. The number of nitrogens with zero attached hydrogens (tertiary/aromatic N) is 4. The molecule has 1 aliphatic rings. The highest BCUT2D eigenvalue weighted by Gasteiger charge is 2.39. The van der Waals surface area contributed by atoms with Crippen LogP contribution < -0.4 is 4.72 Å². The second-order valence-electron chi connectivity index (χ2n) is 6.91. The van der Waals surface area contributed by atoms with Gasteiger partial charge in [-0.05, 0) is 37.3 Å². The predicted octanol–water partition coefficient (Wildman–Crippen LogP) is 4.26. The van der Waals surface area contributed by atoms with Crippen LogP contribution in [0.15, 0.2) is 53.7 Å². The van der Waals surface area contributed by atoms with Crippen LogP contribution in [0, 0.1) is 11.3 Å². The van der Waals surface area contributed by atoms with Crippen molar-refractivity contribution in [2.24, 2.45) is 0 Å². The zero-order valence-electron chi connectivity index (χ0n) is 16.2. The van der Waals surface area contributed by atoms with Crippen molar-refractivity contribution < 1.29 is 21.6 Å². The molecule has 164 valence electrons. The Bertz CT molecular complexity index is 1440. The zero-order chi connectivity index (χ0) is 23.3. The van der Waals surface area contributed by atoms with Gasteiger partial charge in [0.05, 0.1) is 22.0 Å². The predicted molar refractivity (Wildman–Crippen MR) is 112 cm³/mol. The average Bonchev–Trinajstić information content (AvgIpc) is 2.99. The van der Waals surface area contributed by atoms with Gasteiger partial charge in [0.15, 0.2) is 0 Å². The lowest BCUT2D eigenvalue weighted by atomic mass is 10.1. The van der Waals surface area contributed by atoms with Crippen molar-refractivity contribution in [3.05, 3.63) is 59.4 Å². The summed E-state index contributed by atoms with van der Waals surface area (Å²) in [6, 6.07) is 3.88. The van der Waals surface area contributed by atoms with Crippen molar-refractivity contribution in [1.29, 1.82) is 5.26 Å². The fourth-order valence-corrected chi connectivity index (χ4v) is 4.46. The smallest absolute Gasteiger partial charge is 0.291 e. The monoisotopic (exact) mass is 479 g/mol. The molecule has 0 saturated heterocycles. The van der Waals surface area contributed by atoms with Gasteiger partial charge in [-0.3, -0.25) is 9.55 Å². The van der Waals surface area contributed by atoms with E-state index in [0.717, 1.165) is 18.0 Å². The van der Waals surface area contributed by atoms with Crippen LogP contribution in [0.2, 0.25) is 5.02 Å². The molecule has 3 aromatic rings. The van der Waals surface area contributed by atoms with Crippen LogP contribution >= 0.6 is 11.6 Å². The van der Waals surface area contributed by atoms with E-state index < -0.39 is 27.1 Å². The summed E-state index contributed by atoms with van der Waals surface area (Å²) in [5, 5.41) is 10.6. The van der Waals surface area contributed by atoms with Gasteiger partial charge >= 0.3 is 6.18 Å². The number of allylic oxidation sites excluding steroid dienone is 4. The molecule has 0 radical (unpaired) electrons. The van der Waals surface area contributed by atoms with Crippen molar-refractivity contribution >= 4 is 38.4 Å². The quantitative estimate of drug-likeness (QED) is 0.589. The van der Waals surface area contributed by atoms with Gasteiger partial charge in [0.25, 0.3) is 0 Å². The summed E-state index contributed by atoms with van der Waals surface area (Å²) in [5.41, 5.74) is 1.99. The van der Waals surface area contributed by atoms with E-state index in [2.05, 4.69) is 16.0 Å². The molecule has 3 heterocycles. The number of hydrogen-bond donors (Lipinski definition) is 1. The van der Waals surface area contributed by atoms with E-state index in [1.807, 2.05) is 0 Å². The van der Waals surface area contributed by atoms with Gasteiger partial charge in [-0.15, -0.1) is 0 Å². The van der Waals surface area contributed by atoms with Gasteiger partial charge in [-0.1, -0.05) is 17.7 Å². The third-order valence-corrected chi connectivity index (χ3v) is 6.52. The number of nitriles is 1. The van der Waals surface area contributed by atoms with E-state index in [1.165, 1.54) is 12.3 Å². The Balaban J connectivity index is 1.82. The molecule has 1 N–H and O–H groups in total. The maximum absolute atomic E-state index is 12.8. The van der Waals surface area contributed by atoms with Gasteiger partial charge in [0, 0.05) is 23.5 Å². The van der Waals surface area contributed by atoms with Crippen molar-refractivity contribution in [3.8, 4) is 17.5 Å². The SMILES string of the molecule is CC(NS(=O)(=O)c1ccc(-c2c(C#N)c3cc(Cl)cnc3n2C2=CC=C2)nc1)C(F)(F)F. The molecule has 0 aromatic carbocycles. The van der Waals surface area contributed by atoms with Gasteiger partial charge in [0.2, 0.25) is 10.0 Å². The molecule has 1 aliphatic carbocycles. The fourth-order valence-electron chi connectivity index (χ4n) is 3.12. The Labute approximate surface area is 185 Å². The molecule has 4 rings (SSSR count). The Morgan fingerprint density at radius 3 is 2.50 bits per heavy atom. The number of rotatable bonds is 5. The first-order chi connectivity index (χ1) is 15.0. The maximum atomic E-state index is 12.8. The minimum Gasteiger partial charge on any atom is -0.291 e. The summed E-state index contributed by atoms with van der Waals surface area (Å²) >= 11 is 6.05. The number of fused-ring (bicyclic) bond motifs is 1. The Hall–Kier alpha value is -3.20. The van der Waals surface area contributed by atoms with Crippen molar-refractivity contribution in [2.45, 2.75) is 24.0 Å². The molecular formula is C20H13ClF3N5O2S. The lowest BCUT2D eigenvalue weighted by Gasteiger charge is -2.17. The molecule has 0 saturated carbocycles. The molecule has 0 spiro atoms. The molecular weight excluding hydrogens is 467 g/mol. The largest absolute Gasteiger partial charge is 0.404 e. The van der Waals surface area contributed by atoms with Crippen molar-refractivity contribution in [1.82, 2.24) is 19.3 Å². The van der Waals surface area contributed by atoms with Crippen molar-refractivity contribution in [2.75, 3.05) is 0 Å². The summed E-state index contributed by atoms with van der Waals surface area (Å²) in [5.74, 6) is 0. The van der Waals surface area contributed by atoms with Crippen LogP contribution in [0.1, 0.15) is 12.5 Å². The molecule has 1 atom stereocenters. The third kappa shape index (κ3) is 3.77. The number of sulfonamides is 1. The molecule has 0 aliphatic heterocycles. The van der Waals surface area contributed by atoms with Crippen LogP contribution in [0.5, 0.6) is 0 Å². The van der Waals surface area contributed by atoms with Crippen LogP contribution in [0.25, 0.3) is 28.1 Å². The molecule has 0 bridgehead atoms. The summed E-state index contributed by atoms with van der Waals surface area (Å²) < 4.78 is 66.1. The van der Waals surface area contributed by atoms with E-state index in [-0.39, 0.29) is 11.3 Å². The highest BCUT2D eigenvalue weighted by molar-refractivity contribution is 7.89. The highest BCUT2D eigenvalue weighted by Crippen LogP contribution is 2.37. The first-order valence-electron chi connectivity index (χ1n) is 9.07. The normalized spacial score (nSPS) is 14.7. The van der Waals surface area contributed by atoms with Gasteiger partial charge < -0.3 is 0 Å². The van der Waals surface area contributed by atoms with E-state index in [9.17, 15) is 26.9 Å². The van der Waals surface area contributed by atoms with Crippen LogP contribution in [0.3, 0.4) is 0 Å². The third-order valence-electron chi connectivity index (χ3n) is 4.79.